The van der Waals surface area contributed by atoms with E-state index in [1.54, 1.807) is 0 Å². The summed E-state index contributed by atoms with van der Waals surface area (Å²) in [6, 6.07) is 9.97. The van der Waals surface area contributed by atoms with Crippen LogP contribution in [0.5, 0.6) is 0 Å². The number of hydrogen-bond donors (Lipinski definition) is 1. The molecule has 1 amide bonds. The van der Waals surface area contributed by atoms with Crippen LogP contribution in [0.4, 0.5) is 0 Å². The number of hydrogen-bond acceptors (Lipinski definition) is 4. The molecule has 1 saturated carbocycles. The topological polar surface area (TPSA) is 51.2 Å². The zero-order chi connectivity index (χ0) is 17.6. The Kier molecular flexibility index (Phi) is 6.21. The van der Waals surface area contributed by atoms with Gasteiger partial charge in [-0.2, -0.15) is 0 Å². The van der Waals surface area contributed by atoms with Gasteiger partial charge in [-0.1, -0.05) is 50.1 Å². The Morgan fingerprint density at radius 2 is 2.04 bits per heavy atom. The fourth-order valence-corrected chi connectivity index (χ4v) is 4.28. The Bertz CT molecular complexity index is 699. The van der Waals surface area contributed by atoms with Gasteiger partial charge in [-0.3, -0.25) is 4.79 Å². The summed E-state index contributed by atoms with van der Waals surface area (Å²) in [5, 5.41) is 3.85. The minimum Gasteiger partial charge on any atom is -0.376 e. The van der Waals surface area contributed by atoms with Crippen LogP contribution in [0.1, 0.15) is 48.0 Å². The molecule has 0 radical (unpaired) electrons. The number of nitrogens with zero attached hydrogens (tertiary/aromatic N) is 1. The van der Waals surface area contributed by atoms with Crippen LogP contribution in [0.3, 0.4) is 0 Å². The maximum Gasteiger partial charge on any atom is 0.263 e. The van der Waals surface area contributed by atoms with Crippen molar-refractivity contribution in [1.82, 2.24) is 10.3 Å². The number of carbonyl (C=O) groups is 1. The van der Waals surface area contributed by atoms with E-state index in [0.29, 0.717) is 30.1 Å². The van der Waals surface area contributed by atoms with Gasteiger partial charge in [0.2, 0.25) is 0 Å². The average Bonchev–Trinajstić information content (AvgIpc) is 3.02. The third-order valence-electron chi connectivity index (χ3n) is 4.78. The summed E-state index contributed by atoms with van der Waals surface area (Å²) in [5.74, 6) is 0.569. The summed E-state index contributed by atoms with van der Waals surface area (Å²) in [5.41, 5.74) is 1.83. The monoisotopic (exact) mass is 358 g/mol. The molecule has 1 aliphatic carbocycles. The van der Waals surface area contributed by atoms with Gasteiger partial charge in [-0.15, -0.1) is 11.3 Å². The molecule has 0 saturated heterocycles. The molecule has 1 heterocycles. The van der Waals surface area contributed by atoms with E-state index >= 15 is 0 Å². The van der Waals surface area contributed by atoms with E-state index in [0.717, 1.165) is 22.7 Å². The average molecular weight is 359 g/mol. The minimum absolute atomic E-state index is 0.0579. The van der Waals surface area contributed by atoms with Crippen LogP contribution in [0.15, 0.2) is 30.3 Å². The first-order valence-electron chi connectivity index (χ1n) is 9.08. The fraction of sp³-hybridized carbons (Fsp3) is 0.500. The summed E-state index contributed by atoms with van der Waals surface area (Å²) in [4.78, 5) is 17.7. The second kappa shape index (κ2) is 8.59. The smallest absolute Gasteiger partial charge is 0.263 e. The van der Waals surface area contributed by atoms with Gasteiger partial charge in [0.15, 0.2) is 0 Å². The molecule has 0 bridgehead atoms. The van der Waals surface area contributed by atoms with Crippen molar-refractivity contribution in [2.24, 2.45) is 5.92 Å². The van der Waals surface area contributed by atoms with Gasteiger partial charge in [-0.25, -0.2) is 4.98 Å². The van der Waals surface area contributed by atoms with Crippen LogP contribution in [0.2, 0.25) is 0 Å². The summed E-state index contributed by atoms with van der Waals surface area (Å²) in [6.45, 7) is 5.26. The molecule has 1 aliphatic rings. The number of carbonyl (C=O) groups excluding carboxylic acids is 1. The SMILES string of the molecule is Cc1nc(-c2ccccc2)sc1C(=O)NCCOC1CCCCC1C. The van der Waals surface area contributed by atoms with E-state index in [9.17, 15) is 4.79 Å². The quantitative estimate of drug-likeness (QED) is 0.777. The molecule has 5 heteroatoms. The molecule has 0 spiro atoms. The Labute approximate surface area is 153 Å². The van der Waals surface area contributed by atoms with Crippen molar-refractivity contribution in [3.05, 3.63) is 40.9 Å². The Morgan fingerprint density at radius 1 is 1.28 bits per heavy atom. The highest BCUT2D eigenvalue weighted by Crippen LogP contribution is 2.28. The summed E-state index contributed by atoms with van der Waals surface area (Å²) >= 11 is 1.44. The number of benzene rings is 1. The van der Waals surface area contributed by atoms with E-state index in [1.807, 2.05) is 37.3 Å². The lowest BCUT2D eigenvalue weighted by atomic mass is 9.88. The first kappa shape index (κ1) is 18.1. The molecule has 2 unspecified atom stereocenters. The van der Waals surface area contributed by atoms with Crippen LogP contribution in [-0.2, 0) is 4.74 Å². The summed E-state index contributed by atoms with van der Waals surface area (Å²) in [6.07, 6.45) is 5.30. The predicted octanol–water partition coefficient (Wildman–Crippen LogP) is 4.44. The van der Waals surface area contributed by atoms with Gasteiger partial charge >= 0.3 is 0 Å². The zero-order valence-corrected chi connectivity index (χ0v) is 15.8. The molecule has 1 fully saturated rings. The summed E-state index contributed by atoms with van der Waals surface area (Å²) in [7, 11) is 0. The maximum absolute atomic E-state index is 12.4. The number of rotatable bonds is 6. The van der Waals surface area contributed by atoms with Gasteiger partial charge in [0.1, 0.15) is 9.88 Å². The normalized spacial score (nSPS) is 20.4. The van der Waals surface area contributed by atoms with Gasteiger partial charge in [0, 0.05) is 12.1 Å². The molecule has 4 nitrogen and oxygen atoms in total. The van der Waals surface area contributed by atoms with Crippen molar-refractivity contribution in [2.45, 2.75) is 45.6 Å². The minimum atomic E-state index is -0.0579. The first-order chi connectivity index (χ1) is 12.1. The third kappa shape index (κ3) is 4.67. The fourth-order valence-electron chi connectivity index (χ4n) is 3.30. The maximum atomic E-state index is 12.4. The van der Waals surface area contributed by atoms with Crippen molar-refractivity contribution in [1.29, 1.82) is 0 Å². The van der Waals surface area contributed by atoms with E-state index < -0.39 is 0 Å². The second-order valence-corrected chi connectivity index (χ2v) is 7.73. The Morgan fingerprint density at radius 3 is 2.80 bits per heavy atom. The summed E-state index contributed by atoms with van der Waals surface area (Å²) < 4.78 is 5.96. The highest BCUT2D eigenvalue weighted by atomic mass is 32.1. The molecule has 1 aromatic carbocycles. The molecule has 25 heavy (non-hydrogen) atoms. The lowest BCUT2D eigenvalue weighted by Gasteiger charge is -2.28. The number of nitrogens with one attached hydrogen (secondary N) is 1. The highest BCUT2D eigenvalue weighted by Gasteiger charge is 2.21. The van der Waals surface area contributed by atoms with Crippen molar-refractivity contribution >= 4 is 17.2 Å². The van der Waals surface area contributed by atoms with E-state index in [-0.39, 0.29) is 5.91 Å². The van der Waals surface area contributed by atoms with Gasteiger partial charge < -0.3 is 10.1 Å². The van der Waals surface area contributed by atoms with Crippen LogP contribution in [-0.4, -0.2) is 30.1 Å². The number of ether oxygens (including phenoxy) is 1. The lowest BCUT2D eigenvalue weighted by Crippen LogP contribution is -2.31. The molecule has 2 atom stereocenters. The molecular formula is C20H26N2O2S. The Balaban J connectivity index is 1.51. The van der Waals surface area contributed by atoms with Crippen molar-refractivity contribution in [3.8, 4) is 10.6 Å². The van der Waals surface area contributed by atoms with E-state index in [1.165, 1.54) is 30.6 Å². The number of aryl methyl sites for hydroxylation is 1. The lowest BCUT2D eigenvalue weighted by molar-refractivity contribution is -0.00293. The molecule has 1 N–H and O–H groups in total. The number of amides is 1. The first-order valence-corrected chi connectivity index (χ1v) is 9.89. The number of thiazole rings is 1. The standard InChI is InChI=1S/C20H26N2O2S/c1-14-8-6-7-11-17(14)24-13-12-21-19(23)18-15(2)22-20(25-18)16-9-4-3-5-10-16/h3-5,9-10,14,17H,6-8,11-13H2,1-2H3,(H,21,23). The van der Waals surface area contributed by atoms with Crippen LogP contribution < -0.4 is 5.32 Å². The second-order valence-electron chi connectivity index (χ2n) is 6.73. The molecule has 1 aromatic heterocycles. The molecule has 134 valence electrons. The van der Waals surface area contributed by atoms with E-state index in [4.69, 9.17) is 4.74 Å². The predicted molar refractivity (Wildman–Crippen MR) is 102 cm³/mol. The van der Waals surface area contributed by atoms with Crippen molar-refractivity contribution < 1.29 is 9.53 Å². The molecular weight excluding hydrogens is 332 g/mol. The van der Waals surface area contributed by atoms with Gasteiger partial charge in [0.25, 0.3) is 5.91 Å². The van der Waals surface area contributed by atoms with Crippen molar-refractivity contribution in [3.63, 3.8) is 0 Å². The van der Waals surface area contributed by atoms with Crippen molar-refractivity contribution in [2.75, 3.05) is 13.2 Å². The molecule has 3 rings (SSSR count). The van der Waals surface area contributed by atoms with Crippen LogP contribution >= 0.6 is 11.3 Å². The van der Waals surface area contributed by atoms with Crippen LogP contribution in [0.25, 0.3) is 10.6 Å². The van der Waals surface area contributed by atoms with Gasteiger partial charge in [0.05, 0.1) is 18.4 Å². The van der Waals surface area contributed by atoms with Crippen LogP contribution in [0, 0.1) is 12.8 Å². The van der Waals surface area contributed by atoms with E-state index in [2.05, 4.69) is 17.2 Å². The third-order valence-corrected chi connectivity index (χ3v) is 5.98. The Hall–Kier alpha value is -1.72. The molecule has 0 aliphatic heterocycles. The zero-order valence-electron chi connectivity index (χ0n) is 15.0. The number of aromatic nitrogens is 1. The molecule has 2 aromatic rings. The van der Waals surface area contributed by atoms with Gasteiger partial charge in [-0.05, 0) is 25.7 Å². The highest BCUT2D eigenvalue weighted by molar-refractivity contribution is 7.17. The largest absolute Gasteiger partial charge is 0.376 e.